The van der Waals surface area contributed by atoms with Crippen molar-refractivity contribution in [1.29, 1.82) is 0 Å². The second-order valence-corrected chi connectivity index (χ2v) is 8.34. The lowest BCUT2D eigenvalue weighted by Gasteiger charge is -2.33. The largest absolute Gasteiger partial charge is 0.496 e. The highest BCUT2D eigenvalue weighted by Crippen LogP contribution is 2.33. The molecule has 3 heterocycles. The smallest absolute Gasteiger partial charge is 0.272 e. The minimum absolute atomic E-state index is 0.157. The maximum absolute atomic E-state index is 13.4. The zero-order chi connectivity index (χ0) is 23.5. The standard InChI is InChI=1S/C26H25FN4O3/c1-33-24-8-3-2-6-18(24)14-20-16-28-25(34-20)23-7-4-5-13-31(23)26(32)22-15-21(29-30-22)17-9-11-19(27)12-10-17/h2-3,6,8-12,15-16,23H,4-5,7,13-14H2,1H3,(H,29,30). The number of nitrogens with one attached hydrogen (secondary N) is 1. The molecule has 1 atom stereocenters. The maximum atomic E-state index is 13.4. The number of likely N-dealkylation sites (tertiary alicyclic amines) is 1. The molecule has 1 fully saturated rings. The molecule has 8 heteroatoms. The van der Waals surface area contributed by atoms with Gasteiger partial charge < -0.3 is 14.1 Å². The summed E-state index contributed by atoms with van der Waals surface area (Å²) < 4.78 is 24.8. The molecule has 1 aliphatic heterocycles. The Hall–Kier alpha value is -3.94. The van der Waals surface area contributed by atoms with E-state index in [1.54, 1.807) is 36.4 Å². The molecule has 4 aromatic rings. The monoisotopic (exact) mass is 460 g/mol. The van der Waals surface area contributed by atoms with Gasteiger partial charge in [0.25, 0.3) is 5.91 Å². The molecule has 1 amide bonds. The third kappa shape index (κ3) is 4.44. The molecule has 2 aromatic carbocycles. The van der Waals surface area contributed by atoms with Crippen LogP contribution in [0, 0.1) is 5.82 Å². The number of para-hydroxylation sites is 1. The highest BCUT2D eigenvalue weighted by atomic mass is 19.1. The number of aromatic nitrogens is 3. The first-order valence-corrected chi connectivity index (χ1v) is 11.3. The summed E-state index contributed by atoms with van der Waals surface area (Å²) in [6.07, 6.45) is 4.96. The van der Waals surface area contributed by atoms with Crippen molar-refractivity contribution in [2.24, 2.45) is 0 Å². The average molecular weight is 461 g/mol. The second-order valence-electron chi connectivity index (χ2n) is 8.34. The van der Waals surface area contributed by atoms with Crippen molar-refractivity contribution in [2.45, 2.75) is 31.7 Å². The fourth-order valence-electron chi connectivity index (χ4n) is 4.38. The van der Waals surface area contributed by atoms with E-state index in [2.05, 4.69) is 15.2 Å². The number of nitrogens with zero attached hydrogens (tertiary/aromatic N) is 3. The van der Waals surface area contributed by atoms with Crippen molar-refractivity contribution in [3.8, 4) is 17.0 Å². The molecule has 1 N–H and O–H groups in total. The third-order valence-corrected chi connectivity index (χ3v) is 6.13. The number of carbonyl (C=O) groups is 1. The van der Waals surface area contributed by atoms with Crippen LogP contribution in [0.15, 0.2) is 65.2 Å². The molecule has 1 unspecified atom stereocenters. The van der Waals surface area contributed by atoms with Crippen LogP contribution in [0.3, 0.4) is 0 Å². The second kappa shape index (κ2) is 9.51. The molecule has 0 bridgehead atoms. The zero-order valence-electron chi connectivity index (χ0n) is 18.8. The van der Waals surface area contributed by atoms with Crippen LogP contribution in [-0.2, 0) is 6.42 Å². The molecule has 5 rings (SSSR count). The van der Waals surface area contributed by atoms with E-state index in [-0.39, 0.29) is 17.8 Å². The van der Waals surface area contributed by atoms with Gasteiger partial charge in [0.1, 0.15) is 29.1 Å². The van der Waals surface area contributed by atoms with E-state index in [1.165, 1.54) is 12.1 Å². The number of halogens is 1. The van der Waals surface area contributed by atoms with Gasteiger partial charge in [0.15, 0.2) is 0 Å². The quantitative estimate of drug-likeness (QED) is 0.429. The van der Waals surface area contributed by atoms with Crippen LogP contribution in [0.2, 0.25) is 0 Å². The number of rotatable bonds is 6. The van der Waals surface area contributed by atoms with Crippen LogP contribution >= 0.6 is 0 Å². The van der Waals surface area contributed by atoms with Crippen molar-refractivity contribution < 1.29 is 18.3 Å². The number of hydrogen-bond acceptors (Lipinski definition) is 5. The lowest BCUT2D eigenvalue weighted by molar-refractivity contribution is 0.0564. The molecule has 0 saturated carbocycles. The van der Waals surface area contributed by atoms with Crippen molar-refractivity contribution in [1.82, 2.24) is 20.1 Å². The van der Waals surface area contributed by atoms with Gasteiger partial charge >= 0.3 is 0 Å². The molecule has 0 radical (unpaired) electrons. The third-order valence-electron chi connectivity index (χ3n) is 6.13. The van der Waals surface area contributed by atoms with Crippen molar-refractivity contribution in [2.75, 3.05) is 13.7 Å². The normalized spacial score (nSPS) is 15.9. The van der Waals surface area contributed by atoms with E-state index >= 15 is 0 Å². The summed E-state index contributed by atoms with van der Waals surface area (Å²) in [5.74, 6) is 1.58. The first-order valence-electron chi connectivity index (χ1n) is 11.3. The minimum atomic E-state index is -0.317. The van der Waals surface area contributed by atoms with Crippen LogP contribution in [0.5, 0.6) is 5.75 Å². The maximum Gasteiger partial charge on any atom is 0.272 e. The van der Waals surface area contributed by atoms with Crippen LogP contribution in [0.4, 0.5) is 4.39 Å². The molecule has 1 aliphatic rings. The van der Waals surface area contributed by atoms with Gasteiger partial charge in [-0.3, -0.25) is 9.89 Å². The predicted molar refractivity (Wildman–Crippen MR) is 124 cm³/mol. The van der Waals surface area contributed by atoms with Gasteiger partial charge in [-0.25, -0.2) is 9.37 Å². The SMILES string of the molecule is COc1ccccc1Cc1cnc(C2CCCCN2C(=O)c2cc(-c3ccc(F)cc3)n[nH]2)o1. The van der Waals surface area contributed by atoms with Gasteiger partial charge in [-0.2, -0.15) is 5.10 Å². The van der Waals surface area contributed by atoms with Crippen LogP contribution in [0.1, 0.15) is 53.0 Å². The number of piperidine rings is 1. The number of ether oxygens (including phenoxy) is 1. The molecule has 1 saturated heterocycles. The molecule has 34 heavy (non-hydrogen) atoms. The number of carbonyl (C=O) groups excluding carboxylic acids is 1. The highest BCUT2D eigenvalue weighted by Gasteiger charge is 2.33. The first-order chi connectivity index (χ1) is 16.6. The lowest BCUT2D eigenvalue weighted by Crippen LogP contribution is -2.38. The van der Waals surface area contributed by atoms with Gasteiger partial charge in [0, 0.05) is 24.1 Å². The Balaban J connectivity index is 1.35. The van der Waals surface area contributed by atoms with Crippen LogP contribution in [0.25, 0.3) is 11.3 Å². The van der Waals surface area contributed by atoms with E-state index in [0.717, 1.165) is 41.9 Å². The Morgan fingerprint density at radius 2 is 2.03 bits per heavy atom. The van der Waals surface area contributed by atoms with Gasteiger partial charge in [0.2, 0.25) is 5.89 Å². The van der Waals surface area contributed by atoms with E-state index in [1.807, 2.05) is 24.3 Å². The number of hydrogen-bond donors (Lipinski definition) is 1. The number of aromatic amines is 1. The van der Waals surface area contributed by atoms with E-state index in [4.69, 9.17) is 9.15 Å². The Morgan fingerprint density at radius 3 is 2.85 bits per heavy atom. The topological polar surface area (TPSA) is 84.2 Å². The van der Waals surface area contributed by atoms with Crippen molar-refractivity contribution in [3.63, 3.8) is 0 Å². The summed E-state index contributed by atoms with van der Waals surface area (Å²) in [5.41, 5.74) is 2.72. The predicted octanol–water partition coefficient (Wildman–Crippen LogP) is 5.17. The van der Waals surface area contributed by atoms with Crippen LogP contribution < -0.4 is 4.74 Å². The fourth-order valence-corrected chi connectivity index (χ4v) is 4.38. The molecular weight excluding hydrogens is 435 g/mol. The van der Waals surface area contributed by atoms with Gasteiger partial charge in [-0.1, -0.05) is 18.2 Å². The first kappa shape index (κ1) is 21.9. The van der Waals surface area contributed by atoms with Crippen molar-refractivity contribution in [3.05, 3.63) is 89.5 Å². The number of oxazole rings is 1. The highest BCUT2D eigenvalue weighted by molar-refractivity contribution is 5.93. The summed E-state index contributed by atoms with van der Waals surface area (Å²) in [4.78, 5) is 19.7. The Morgan fingerprint density at radius 1 is 1.21 bits per heavy atom. The molecule has 0 spiro atoms. The molecule has 0 aliphatic carbocycles. The fraction of sp³-hybridized carbons (Fsp3) is 0.269. The minimum Gasteiger partial charge on any atom is -0.496 e. The van der Waals surface area contributed by atoms with Crippen molar-refractivity contribution >= 4 is 5.91 Å². The summed E-state index contributed by atoms with van der Waals surface area (Å²) in [7, 11) is 1.65. The average Bonchev–Trinajstić information content (AvgIpc) is 3.55. The van der Waals surface area contributed by atoms with E-state index < -0.39 is 0 Å². The molecular formula is C26H25FN4O3. The number of amides is 1. The van der Waals surface area contributed by atoms with E-state index in [0.29, 0.717) is 30.2 Å². The number of benzene rings is 2. The molecule has 7 nitrogen and oxygen atoms in total. The van der Waals surface area contributed by atoms with Crippen LogP contribution in [-0.4, -0.2) is 39.6 Å². The number of H-pyrrole nitrogens is 1. The summed E-state index contributed by atoms with van der Waals surface area (Å²) in [5, 5.41) is 7.09. The van der Waals surface area contributed by atoms with Gasteiger partial charge in [-0.05, 0) is 55.7 Å². The molecule has 2 aromatic heterocycles. The lowest BCUT2D eigenvalue weighted by atomic mass is 10.0. The van der Waals surface area contributed by atoms with E-state index in [9.17, 15) is 9.18 Å². The Kier molecular flexibility index (Phi) is 6.12. The zero-order valence-corrected chi connectivity index (χ0v) is 18.8. The summed E-state index contributed by atoms with van der Waals surface area (Å²) in [6, 6.07) is 15.3. The molecule has 174 valence electrons. The Bertz CT molecular complexity index is 1280. The Labute approximate surface area is 196 Å². The van der Waals surface area contributed by atoms with Gasteiger partial charge in [0.05, 0.1) is 19.0 Å². The van der Waals surface area contributed by atoms with Gasteiger partial charge in [-0.15, -0.1) is 0 Å². The number of methoxy groups -OCH3 is 1. The summed E-state index contributed by atoms with van der Waals surface area (Å²) >= 11 is 0. The summed E-state index contributed by atoms with van der Waals surface area (Å²) in [6.45, 7) is 0.610.